The number of carbonyl (C=O) groups is 2. The van der Waals surface area contributed by atoms with E-state index in [9.17, 15) is 9.59 Å². The summed E-state index contributed by atoms with van der Waals surface area (Å²) in [6, 6.07) is 19.4. The van der Waals surface area contributed by atoms with E-state index >= 15 is 0 Å². The lowest BCUT2D eigenvalue weighted by molar-refractivity contribution is 0.0204. The first-order valence-corrected chi connectivity index (χ1v) is 17.3. The van der Waals surface area contributed by atoms with Crippen molar-refractivity contribution in [3.05, 3.63) is 94.2 Å². The van der Waals surface area contributed by atoms with Gasteiger partial charge in [-0.25, -0.2) is 14.6 Å². The molecule has 1 aliphatic heterocycles. The highest BCUT2D eigenvalue weighted by molar-refractivity contribution is 5.94. The van der Waals surface area contributed by atoms with Gasteiger partial charge in [-0.2, -0.15) is 9.78 Å². The fraction of sp³-hybridized carbons (Fsp3) is 0.436. The second-order valence-corrected chi connectivity index (χ2v) is 13.9. The van der Waals surface area contributed by atoms with Crippen molar-refractivity contribution in [3.63, 3.8) is 0 Å². The van der Waals surface area contributed by atoms with Crippen LogP contribution in [0.3, 0.4) is 0 Å². The maximum atomic E-state index is 12.6. The van der Waals surface area contributed by atoms with Crippen LogP contribution in [0.1, 0.15) is 104 Å². The topological polar surface area (TPSA) is 113 Å². The van der Waals surface area contributed by atoms with Gasteiger partial charge in [-0.3, -0.25) is 0 Å². The number of rotatable bonds is 8. The molecule has 0 saturated carbocycles. The quantitative estimate of drug-likeness (QED) is 0.195. The Hall–Kier alpha value is -4.66. The number of aromatic nitrogens is 3. The Morgan fingerprint density at radius 2 is 1.77 bits per heavy atom. The Morgan fingerprint density at radius 1 is 1.00 bits per heavy atom. The van der Waals surface area contributed by atoms with E-state index in [-0.39, 0.29) is 24.1 Å². The number of aryl methyl sites for hydroxylation is 2. The van der Waals surface area contributed by atoms with Crippen LogP contribution in [0.5, 0.6) is 0 Å². The molecule has 0 unspecified atom stereocenters. The number of piperidine rings is 1. The number of ether oxygens (including phenoxy) is 2. The van der Waals surface area contributed by atoms with Crippen LogP contribution in [-0.4, -0.2) is 57.0 Å². The van der Waals surface area contributed by atoms with Crippen LogP contribution in [0.4, 0.5) is 10.6 Å². The summed E-state index contributed by atoms with van der Waals surface area (Å²) in [5.41, 5.74) is 14.9. The summed E-state index contributed by atoms with van der Waals surface area (Å²) < 4.78 is 12.2. The molecule has 2 N–H and O–H groups in total. The van der Waals surface area contributed by atoms with Crippen molar-refractivity contribution in [1.82, 2.24) is 19.7 Å². The number of amides is 1. The Labute approximate surface area is 283 Å². The van der Waals surface area contributed by atoms with E-state index in [1.165, 1.54) is 38.7 Å². The van der Waals surface area contributed by atoms with E-state index in [1.54, 1.807) is 6.92 Å². The Bertz CT molecular complexity index is 1800. The van der Waals surface area contributed by atoms with Crippen molar-refractivity contribution in [3.8, 4) is 17.1 Å². The first kappa shape index (κ1) is 33.2. The highest BCUT2D eigenvalue weighted by Crippen LogP contribution is 2.42. The number of nitrogens with two attached hydrogens (primary N) is 1. The van der Waals surface area contributed by atoms with Crippen molar-refractivity contribution in [1.29, 1.82) is 0 Å². The number of likely N-dealkylation sites (tertiary alicyclic amines) is 1. The van der Waals surface area contributed by atoms with Gasteiger partial charge in [-0.1, -0.05) is 49.4 Å². The zero-order valence-electron chi connectivity index (χ0n) is 28.8. The standard InChI is InChI=1S/C39H47N5O4/c1-6-26-22-25(14-17-30(26)27-18-20-43(21-19-27)38(46)48-39(3,4)5)23-29-16-15-28-10-8-11-31(35(28)29)33-12-9-13-34(42-33)44-36(40)32(24-41-44)37(45)47-7-2/h8-14,17,22,24,27,29H,6-7,15-16,18-21,23,40H2,1-5H3/t29-/m1/s1. The van der Waals surface area contributed by atoms with E-state index in [1.807, 2.05) is 43.9 Å². The second-order valence-electron chi connectivity index (χ2n) is 13.9. The average molecular weight is 650 g/mol. The summed E-state index contributed by atoms with van der Waals surface area (Å²) in [6.45, 7) is 11.4. The molecule has 0 bridgehead atoms. The predicted molar refractivity (Wildman–Crippen MR) is 188 cm³/mol. The van der Waals surface area contributed by atoms with Crippen LogP contribution in [0, 0.1) is 0 Å². The Kier molecular flexibility index (Phi) is 9.58. The van der Waals surface area contributed by atoms with Crippen molar-refractivity contribution in [2.24, 2.45) is 0 Å². The SMILES string of the molecule is CCOC(=O)c1cnn(-c2cccc(-c3cccc4c3[C@@H](Cc3ccc(C5CCN(C(=O)OC(C)(C)C)CC5)c(CC)c3)CC4)n2)c1N. The number of esters is 1. The monoisotopic (exact) mass is 649 g/mol. The van der Waals surface area contributed by atoms with Crippen molar-refractivity contribution < 1.29 is 19.1 Å². The lowest BCUT2D eigenvalue weighted by Crippen LogP contribution is -2.41. The average Bonchev–Trinajstić information content (AvgIpc) is 3.67. The van der Waals surface area contributed by atoms with Gasteiger partial charge in [0.15, 0.2) is 5.82 Å². The van der Waals surface area contributed by atoms with Gasteiger partial charge >= 0.3 is 12.1 Å². The number of nitrogen functional groups attached to an aromatic ring is 1. The fourth-order valence-corrected chi connectivity index (χ4v) is 7.29. The first-order valence-electron chi connectivity index (χ1n) is 17.3. The van der Waals surface area contributed by atoms with Crippen LogP contribution >= 0.6 is 0 Å². The molecule has 1 saturated heterocycles. The summed E-state index contributed by atoms with van der Waals surface area (Å²) in [5, 5.41) is 4.35. The zero-order valence-corrected chi connectivity index (χ0v) is 28.8. The number of fused-ring (bicyclic) bond motifs is 1. The zero-order chi connectivity index (χ0) is 34.0. The molecule has 2 aromatic heterocycles. The third-order valence-corrected chi connectivity index (χ3v) is 9.55. The third-order valence-electron chi connectivity index (χ3n) is 9.55. The van der Waals surface area contributed by atoms with E-state index in [2.05, 4.69) is 48.4 Å². The molecule has 2 aliphatic rings. The molecule has 1 fully saturated rings. The summed E-state index contributed by atoms with van der Waals surface area (Å²) in [4.78, 5) is 31.8. The van der Waals surface area contributed by atoms with Crippen molar-refractivity contribution in [2.45, 2.75) is 90.6 Å². The minimum absolute atomic E-state index is 0.207. The van der Waals surface area contributed by atoms with E-state index in [4.69, 9.17) is 20.2 Å². The second kappa shape index (κ2) is 13.8. The summed E-state index contributed by atoms with van der Waals surface area (Å²) in [7, 11) is 0. The molecule has 9 heteroatoms. The van der Waals surface area contributed by atoms with Crippen LogP contribution in [-0.2, 0) is 28.7 Å². The van der Waals surface area contributed by atoms with E-state index < -0.39 is 11.6 Å². The lowest BCUT2D eigenvalue weighted by Gasteiger charge is -2.34. The van der Waals surface area contributed by atoms with Crippen molar-refractivity contribution >= 4 is 17.9 Å². The number of carbonyl (C=O) groups excluding carboxylic acids is 2. The molecule has 252 valence electrons. The minimum Gasteiger partial charge on any atom is -0.462 e. The number of nitrogens with zero attached hydrogens (tertiary/aromatic N) is 4. The Balaban J connectivity index is 1.20. The molecule has 0 spiro atoms. The number of benzene rings is 2. The molecule has 0 radical (unpaired) electrons. The molecule has 1 amide bonds. The maximum absolute atomic E-state index is 12.6. The summed E-state index contributed by atoms with van der Waals surface area (Å²) in [5.74, 6) is 1.08. The minimum atomic E-state index is -0.496. The van der Waals surface area contributed by atoms with Gasteiger partial charge in [-0.05, 0) is 118 Å². The highest BCUT2D eigenvalue weighted by atomic mass is 16.6. The van der Waals surface area contributed by atoms with Crippen LogP contribution in [0.25, 0.3) is 17.1 Å². The van der Waals surface area contributed by atoms with Gasteiger partial charge in [0.2, 0.25) is 0 Å². The number of pyridine rings is 1. The lowest BCUT2D eigenvalue weighted by atomic mass is 9.83. The molecule has 1 atom stereocenters. The van der Waals surface area contributed by atoms with Crippen LogP contribution in [0.15, 0.2) is 60.8 Å². The molecule has 2 aromatic carbocycles. The van der Waals surface area contributed by atoms with Crippen LogP contribution < -0.4 is 5.73 Å². The third kappa shape index (κ3) is 6.96. The van der Waals surface area contributed by atoms with Gasteiger partial charge < -0.3 is 20.1 Å². The van der Waals surface area contributed by atoms with Gasteiger partial charge in [0.25, 0.3) is 0 Å². The van der Waals surface area contributed by atoms with Gasteiger partial charge in [0.05, 0.1) is 18.5 Å². The van der Waals surface area contributed by atoms with Gasteiger partial charge in [-0.15, -0.1) is 0 Å². The van der Waals surface area contributed by atoms with Gasteiger partial charge in [0.1, 0.15) is 17.0 Å². The Morgan fingerprint density at radius 3 is 2.50 bits per heavy atom. The summed E-state index contributed by atoms with van der Waals surface area (Å²) >= 11 is 0. The summed E-state index contributed by atoms with van der Waals surface area (Å²) in [6.07, 6.45) is 7.19. The molecule has 3 heterocycles. The number of hydrogen-bond acceptors (Lipinski definition) is 7. The predicted octanol–water partition coefficient (Wildman–Crippen LogP) is 7.64. The first-order chi connectivity index (χ1) is 23.1. The van der Waals surface area contributed by atoms with E-state index in [0.29, 0.717) is 17.7 Å². The van der Waals surface area contributed by atoms with Crippen LogP contribution in [0.2, 0.25) is 0 Å². The molecular formula is C39H47N5O4. The smallest absolute Gasteiger partial charge is 0.410 e. The number of hydrogen-bond donors (Lipinski definition) is 1. The molecule has 1 aliphatic carbocycles. The molecule has 4 aromatic rings. The largest absolute Gasteiger partial charge is 0.462 e. The fourth-order valence-electron chi connectivity index (χ4n) is 7.29. The molecule has 48 heavy (non-hydrogen) atoms. The number of anilines is 1. The normalized spacial score (nSPS) is 16.5. The molecule has 6 rings (SSSR count). The van der Waals surface area contributed by atoms with Gasteiger partial charge in [0, 0.05) is 18.7 Å². The maximum Gasteiger partial charge on any atom is 0.410 e. The highest BCUT2D eigenvalue weighted by Gasteiger charge is 2.30. The van der Waals surface area contributed by atoms with Crippen molar-refractivity contribution in [2.75, 3.05) is 25.4 Å². The van der Waals surface area contributed by atoms with E-state index in [0.717, 1.165) is 62.9 Å². The molecule has 9 nitrogen and oxygen atoms in total. The molecular weight excluding hydrogens is 602 g/mol.